The Balaban J connectivity index is 1.68. The SMILES string of the molecule is CCc1ccc(C(=O)NNC(=O)c2ccc(Cl)c(S(=O)(=O)NCc3ccccc3)c2)cc1. The maximum Gasteiger partial charge on any atom is 0.269 e. The zero-order chi connectivity index (χ0) is 23.1. The van der Waals surface area contributed by atoms with Gasteiger partial charge in [0.1, 0.15) is 4.90 Å². The van der Waals surface area contributed by atoms with Crippen molar-refractivity contribution >= 4 is 33.4 Å². The second kappa shape index (κ2) is 10.4. The molecule has 0 atom stereocenters. The predicted octanol–water partition coefficient (Wildman–Crippen LogP) is 3.46. The molecule has 0 aliphatic rings. The monoisotopic (exact) mass is 471 g/mol. The molecule has 166 valence electrons. The smallest absolute Gasteiger partial charge is 0.267 e. The lowest BCUT2D eigenvalue weighted by Crippen LogP contribution is -2.41. The number of sulfonamides is 1. The van der Waals surface area contributed by atoms with Crippen LogP contribution in [0.2, 0.25) is 5.02 Å². The Kier molecular flexibility index (Phi) is 7.63. The zero-order valence-corrected chi connectivity index (χ0v) is 18.8. The van der Waals surface area contributed by atoms with Gasteiger partial charge in [0.25, 0.3) is 11.8 Å². The first-order valence-electron chi connectivity index (χ1n) is 9.83. The molecule has 0 aliphatic carbocycles. The van der Waals surface area contributed by atoms with Crippen LogP contribution in [0.3, 0.4) is 0 Å². The van der Waals surface area contributed by atoms with Gasteiger partial charge in [-0.15, -0.1) is 0 Å². The second-order valence-corrected chi connectivity index (χ2v) is 9.06. The summed E-state index contributed by atoms with van der Waals surface area (Å²) in [6, 6.07) is 19.8. The molecule has 0 radical (unpaired) electrons. The summed E-state index contributed by atoms with van der Waals surface area (Å²) in [6.07, 6.45) is 0.848. The van der Waals surface area contributed by atoms with Crippen molar-refractivity contribution in [1.29, 1.82) is 0 Å². The zero-order valence-electron chi connectivity index (χ0n) is 17.3. The van der Waals surface area contributed by atoms with Crippen molar-refractivity contribution in [2.24, 2.45) is 0 Å². The predicted molar refractivity (Wildman–Crippen MR) is 123 cm³/mol. The molecular formula is C23H22ClN3O4S. The highest BCUT2D eigenvalue weighted by atomic mass is 35.5. The van der Waals surface area contributed by atoms with Gasteiger partial charge in [0, 0.05) is 17.7 Å². The summed E-state index contributed by atoms with van der Waals surface area (Å²) >= 11 is 6.08. The third-order valence-electron chi connectivity index (χ3n) is 4.71. The van der Waals surface area contributed by atoms with E-state index < -0.39 is 21.8 Å². The van der Waals surface area contributed by atoms with Crippen LogP contribution in [-0.4, -0.2) is 20.2 Å². The average Bonchev–Trinajstić information content (AvgIpc) is 2.82. The number of nitrogens with one attached hydrogen (secondary N) is 3. The first kappa shape index (κ1) is 23.5. The van der Waals surface area contributed by atoms with E-state index in [9.17, 15) is 18.0 Å². The summed E-state index contributed by atoms with van der Waals surface area (Å²) in [5, 5.41) is -0.0258. The standard InChI is InChI=1S/C23H22ClN3O4S/c1-2-16-8-10-18(11-9-16)22(28)26-27-23(29)19-12-13-20(24)21(14-19)32(30,31)25-15-17-6-4-3-5-7-17/h3-14,25H,2,15H2,1H3,(H,26,28)(H,27,29). The molecule has 3 N–H and O–H groups in total. The van der Waals surface area contributed by atoms with Crippen molar-refractivity contribution in [3.8, 4) is 0 Å². The molecule has 7 nitrogen and oxygen atoms in total. The highest BCUT2D eigenvalue weighted by Gasteiger charge is 2.20. The van der Waals surface area contributed by atoms with E-state index in [4.69, 9.17) is 11.6 Å². The molecule has 0 bridgehead atoms. The van der Waals surface area contributed by atoms with Gasteiger partial charge in [-0.3, -0.25) is 20.4 Å². The van der Waals surface area contributed by atoms with E-state index in [1.807, 2.05) is 25.1 Å². The van der Waals surface area contributed by atoms with Gasteiger partial charge in [-0.2, -0.15) is 0 Å². The molecule has 0 aromatic heterocycles. The summed E-state index contributed by atoms with van der Waals surface area (Å²) in [7, 11) is -3.98. The van der Waals surface area contributed by atoms with Crippen LogP contribution >= 0.6 is 11.6 Å². The number of rotatable bonds is 7. The Bertz CT molecular complexity index is 1210. The largest absolute Gasteiger partial charge is 0.269 e. The van der Waals surface area contributed by atoms with Crippen LogP contribution in [0.15, 0.2) is 77.7 Å². The minimum Gasteiger partial charge on any atom is -0.267 e. The molecule has 0 aliphatic heterocycles. The third kappa shape index (κ3) is 5.94. The van der Waals surface area contributed by atoms with E-state index in [-0.39, 0.29) is 22.0 Å². The second-order valence-electron chi connectivity index (χ2n) is 6.91. The van der Waals surface area contributed by atoms with E-state index in [0.717, 1.165) is 23.6 Å². The van der Waals surface area contributed by atoms with Crippen LogP contribution < -0.4 is 15.6 Å². The molecule has 32 heavy (non-hydrogen) atoms. The van der Waals surface area contributed by atoms with Gasteiger partial charge in [-0.05, 0) is 47.9 Å². The molecule has 3 aromatic carbocycles. The molecule has 0 spiro atoms. The van der Waals surface area contributed by atoms with Crippen molar-refractivity contribution in [2.45, 2.75) is 24.8 Å². The number of hydrazine groups is 1. The van der Waals surface area contributed by atoms with Gasteiger partial charge in [0.05, 0.1) is 5.02 Å². The summed E-state index contributed by atoms with van der Waals surface area (Å²) in [4.78, 5) is 24.5. The summed E-state index contributed by atoms with van der Waals surface area (Å²) in [6.45, 7) is 2.08. The Hall–Kier alpha value is -3.20. The van der Waals surface area contributed by atoms with Gasteiger partial charge < -0.3 is 0 Å². The highest BCUT2D eigenvalue weighted by molar-refractivity contribution is 7.89. The Labute approximate surface area is 191 Å². The number of hydrogen-bond donors (Lipinski definition) is 3. The van der Waals surface area contributed by atoms with Crippen molar-refractivity contribution in [3.05, 3.63) is 100 Å². The fourth-order valence-electron chi connectivity index (χ4n) is 2.85. The number of hydrogen-bond acceptors (Lipinski definition) is 4. The van der Waals surface area contributed by atoms with Crippen LogP contribution in [-0.2, 0) is 23.0 Å². The molecule has 0 fully saturated rings. The lowest BCUT2D eigenvalue weighted by atomic mass is 10.1. The Morgan fingerprint density at radius 1 is 0.812 bits per heavy atom. The fraction of sp³-hybridized carbons (Fsp3) is 0.130. The van der Waals surface area contributed by atoms with Crippen LogP contribution in [0.25, 0.3) is 0 Å². The van der Waals surface area contributed by atoms with E-state index in [2.05, 4.69) is 15.6 Å². The maximum atomic E-state index is 12.7. The lowest BCUT2D eigenvalue weighted by Gasteiger charge is -2.11. The van der Waals surface area contributed by atoms with Crippen molar-refractivity contribution in [1.82, 2.24) is 15.6 Å². The lowest BCUT2D eigenvalue weighted by molar-refractivity contribution is 0.0846. The van der Waals surface area contributed by atoms with Crippen LogP contribution in [0, 0.1) is 0 Å². The number of halogens is 1. The number of carbonyl (C=O) groups is 2. The number of benzene rings is 3. The minimum absolute atomic E-state index is 0.0242. The van der Waals surface area contributed by atoms with Crippen molar-refractivity contribution in [2.75, 3.05) is 0 Å². The molecule has 0 unspecified atom stereocenters. The van der Waals surface area contributed by atoms with Gasteiger partial charge in [0.15, 0.2) is 0 Å². The topological polar surface area (TPSA) is 104 Å². The van der Waals surface area contributed by atoms with E-state index in [0.29, 0.717) is 5.56 Å². The first-order valence-corrected chi connectivity index (χ1v) is 11.7. The Morgan fingerprint density at radius 3 is 2.03 bits per heavy atom. The molecule has 0 heterocycles. The van der Waals surface area contributed by atoms with Crippen molar-refractivity contribution in [3.63, 3.8) is 0 Å². The quantitative estimate of drug-likeness (QED) is 0.459. The summed E-state index contributed by atoms with van der Waals surface area (Å²) in [5.74, 6) is -1.17. The van der Waals surface area contributed by atoms with Crippen LogP contribution in [0.1, 0.15) is 38.8 Å². The van der Waals surface area contributed by atoms with Gasteiger partial charge in [0.2, 0.25) is 10.0 Å². The number of aryl methyl sites for hydroxylation is 1. The molecule has 3 rings (SSSR count). The minimum atomic E-state index is -3.98. The number of carbonyl (C=O) groups excluding carboxylic acids is 2. The normalized spacial score (nSPS) is 11.1. The van der Waals surface area contributed by atoms with E-state index in [1.165, 1.54) is 12.1 Å². The fourth-order valence-corrected chi connectivity index (χ4v) is 4.39. The molecule has 9 heteroatoms. The molecule has 0 saturated heterocycles. The highest BCUT2D eigenvalue weighted by Crippen LogP contribution is 2.23. The van der Waals surface area contributed by atoms with E-state index >= 15 is 0 Å². The maximum absolute atomic E-state index is 12.7. The summed E-state index contributed by atoms with van der Waals surface area (Å²) < 4.78 is 27.9. The molecular weight excluding hydrogens is 450 g/mol. The Morgan fingerprint density at radius 2 is 1.41 bits per heavy atom. The van der Waals surface area contributed by atoms with Gasteiger partial charge in [-0.1, -0.05) is 61.0 Å². The van der Waals surface area contributed by atoms with Crippen LogP contribution in [0.5, 0.6) is 0 Å². The molecule has 2 amide bonds. The van der Waals surface area contributed by atoms with Gasteiger partial charge >= 0.3 is 0 Å². The molecule has 3 aromatic rings. The molecule has 0 saturated carbocycles. The van der Waals surface area contributed by atoms with Crippen LogP contribution in [0.4, 0.5) is 0 Å². The van der Waals surface area contributed by atoms with E-state index in [1.54, 1.807) is 36.4 Å². The van der Waals surface area contributed by atoms with Crippen molar-refractivity contribution < 1.29 is 18.0 Å². The first-order chi connectivity index (χ1) is 15.3. The van der Waals surface area contributed by atoms with Gasteiger partial charge in [-0.25, -0.2) is 13.1 Å². The average molecular weight is 472 g/mol. The number of amides is 2. The summed E-state index contributed by atoms with van der Waals surface area (Å²) in [5.41, 5.74) is 6.87. The third-order valence-corrected chi connectivity index (χ3v) is 6.59.